The van der Waals surface area contributed by atoms with Crippen LogP contribution < -0.4 is 10.6 Å². The molecule has 0 saturated carbocycles. The zero-order valence-corrected chi connectivity index (χ0v) is 10.8. The fraction of sp³-hybridized carbons (Fsp3) is 0.500. The lowest BCUT2D eigenvalue weighted by Gasteiger charge is -2.07. The molecule has 0 aliphatic rings. The predicted molar refractivity (Wildman–Crippen MR) is 66.0 cm³/mol. The van der Waals surface area contributed by atoms with Gasteiger partial charge >= 0.3 is 6.01 Å². The molecule has 0 radical (unpaired) electrons. The van der Waals surface area contributed by atoms with Crippen LogP contribution in [0, 0.1) is 6.92 Å². The number of hydrogen-bond acceptors (Lipinski definition) is 7. The van der Waals surface area contributed by atoms with E-state index in [1.807, 2.05) is 26.3 Å². The Morgan fingerprint density at radius 3 is 2.94 bits per heavy atom. The van der Waals surface area contributed by atoms with Gasteiger partial charge in [-0.3, -0.25) is 0 Å². The Morgan fingerprint density at radius 2 is 2.29 bits per heavy atom. The zero-order chi connectivity index (χ0) is 12.3. The second kappa shape index (κ2) is 5.24. The fourth-order valence-electron chi connectivity index (χ4n) is 1.35. The molecule has 0 saturated heterocycles. The Balaban J connectivity index is 1.99. The summed E-state index contributed by atoms with van der Waals surface area (Å²) < 4.78 is 5.40. The van der Waals surface area contributed by atoms with Crippen LogP contribution in [0.4, 0.5) is 6.01 Å². The van der Waals surface area contributed by atoms with Crippen LogP contribution in [-0.4, -0.2) is 22.2 Å². The van der Waals surface area contributed by atoms with Crippen molar-refractivity contribution >= 4 is 17.4 Å². The van der Waals surface area contributed by atoms with Crippen molar-refractivity contribution < 1.29 is 4.42 Å². The number of hydrogen-bond donors (Lipinski definition) is 2. The summed E-state index contributed by atoms with van der Waals surface area (Å²) in [5.74, 6) is 0.567. The van der Waals surface area contributed by atoms with Crippen molar-refractivity contribution in [2.45, 2.75) is 26.4 Å². The molecule has 0 aromatic carbocycles. The third kappa shape index (κ3) is 3.01. The van der Waals surface area contributed by atoms with E-state index >= 15 is 0 Å². The van der Waals surface area contributed by atoms with E-state index in [0.717, 1.165) is 10.7 Å². The largest absolute Gasteiger partial charge is 0.407 e. The van der Waals surface area contributed by atoms with E-state index in [4.69, 9.17) is 4.42 Å². The smallest absolute Gasteiger partial charge is 0.316 e. The molecule has 7 heteroatoms. The van der Waals surface area contributed by atoms with Crippen LogP contribution in [0.2, 0.25) is 0 Å². The topological polar surface area (TPSA) is 75.9 Å². The molecule has 2 heterocycles. The van der Waals surface area contributed by atoms with Crippen LogP contribution >= 0.6 is 11.3 Å². The highest BCUT2D eigenvalue weighted by molar-refractivity contribution is 7.09. The van der Waals surface area contributed by atoms with Gasteiger partial charge in [-0.1, -0.05) is 5.10 Å². The monoisotopic (exact) mass is 253 g/mol. The first-order valence-electron chi connectivity index (χ1n) is 5.34. The van der Waals surface area contributed by atoms with Crippen LogP contribution in [0.15, 0.2) is 9.80 Å². The van der Waals surface area contributed by atoms with Crippen molar-refractivity contribution in [1.29, 1.82) is 0 Å². The predicted octanol–water partition coefficient (Wildman–Crippen LogP) is 1.73. The molecule has 2 N–H and O–H groups in total. The van der Waals surface area contributed by atoms with E-state index < -0.39 is 0 Å². The van der Waals surface area contributed by atoms with Crippen LogP contribution in [0.25, 0.3) is 0 Å². The first-order valence-corrected chi connectivity index (χ1v) is 6.22. The molecule has 0 fully saturated rings. The van der Waals surface area contributed by atoms with Gasteiger partial charge in [0.15, 0.2) is 0 Å². The molecule has 2 aromatic rings. The summed E-state index contributed by atoms with van der Waals surface area (Å²) >= 11 is 1.62. The second-order valence-corrected chi connectivity index (χ2v) is 4.61. The van der Waals surface area contributed by atoms with Gasteiger partial charge in [0.25, 0.3) is 0 Å². The highest BCUT2D eigenvalue weighted by Gasteiger charge is 2.12. The number of nitrogens with zero attached hydrogens (tertiary/aromatic N) is 3. The van der Waals surface area contributed by atoms with E-state index in [2.05, 4.69) is 25.8 Å². The Kier molecular flexibility index (Phi) is 3.70. The minimum atomic E-state index is 0.0663. The molecule has 92 valence electrons. The number of thiazole rings is 1. The van der Waals surface area contributed by atoms with Crippen LogP contribution in [0.5, 0.6) is 0 Å². The van der Waals surface area contributed by atoms with Gasteiger partial charge in [0, 0.05) is 11.1 Å². The van der Waals surface area contributed by atoms with Crippen LogP contribution in [0.1, 0.15) is 29.6 Å². The number of aromatic nitrogens is 3. The summed E-state index contributed by atoms with van der Waals surface area (Å²) in [5.41, 5.74) is 1.03. The summed E-state index contributed by atoms with van der Waals surface area (Å²) in [5, 5.41) is 16.9. The normalized spacial score (nSPS) is 12.6. The Morgan fingerprint density at radius 1 is 1.47 bits per heavy atom. The van der Waals surface area contributed by atoms with Gasteiger partial charge in [-0.05, 0) is 20.9 Å². The average molecular weight is 253 g/mol. The molecular weight excluding hydrogens is 238 g/mol. The Bertz CT molecular complexity index is 481. The lowest BCUT2D eigenvalue weighted by Crippen LogP contribution is -2.06. The third-order valence-corrected chi connectivity index (χ3v) is 3.29. The summed E-state index contributed by atoms with van der Waals surface area (Å²) in [4.78, 5) is 4.40. The number of aryl methyl sites for hydroxylation is 1. The van der Waals surface area contributed by atoms with Gasteiger partial charge < -0.3 is 15.1 Å². The molecular formula is C10H15N5OS. The van der Waals surface area contributed by atoms with Crippen molar-refractivity contribution in [2.75, 3.05) is 12.4 Å². The van der Waals surface area contributed by atoms with Gasteiger partial charge in [-0.2, -0.15) is 0 Å². The summed E-state index contributed by atoms with van der Waals surface area (Å²) in [7, 11) is 1.83. The Hall–Kier alpha value is -1.47. The van der Waals surface area contributed by atoms with Crippen molar-refractivity contribution in [2.24, 2.45) is 0 Å². The van der Waals surface area contributed by atoms with Gasteiger partial charge in [0.1, 0.15) is 5.01 Å². The van der Waals surface area contributed by atoms with Gasteiger partial charge in [0.2, 0.25) is 5.89 Å². The molecule has 6 nitrogen and oxygen atoms in total. The number of anilines is 1. The Labute approximate surface area is 103 Å². The second-order valence-electron chi connectivity index (χ2n) is 3.72. The quantitative estimate of drug-likeness (QED) is 0.845. The van der Waals surface area contributed by atoms with E-state index in [1.54, 1.807) is 11.3 Å². The van der Waals surface area contributed by atoms with Crippen molar-refractivity contribution in [1.82, 2.24) is 20.5 Å². The molecule has 1 unspecified atom stereocenters. The van der Waals surface area contributed by atoms with Crippen molar-refractivity contribution in [3.63, 3.8) is 0 Å². The third-order valence-electron chi connectivity index (χ3n) is 2.14. The molecule has 0 spiro atoms. The maximum absolute atomic E-state index is 5.40. The molecule has 0 bridgehead atoms. The molecule has 0 aliphatic carbocycles. The first-order chi connectivity index (χ1) is 8.19. The lowest BCUT2D eigenvalue weighted by molar-refractivity contribution is 0.486. The van der Waals surface area contributed by atoms with E-state index in [9.17, 15) is 0 Å². The number of rotatable bonds is 5. The van der Waals surface area contributed by atoms with Crippen LogP contribution in [-0.2, 0) is 6.54 Å². The average Bonchev–Trinajstić information content (AvgIpc) is 2.88. The van der Waals surface area contributed by atoms with Gasteiger partial charge in [0.05, 0.1) is 12.6 Å². The summed E-state index contributed by atoms with van der Waals surface area (Å²) in [6.07, 6.45) is 0. The van der Waals surface area contributed by atoms with Gasteiger partial charge in [-0.25, -0.2) is 4.98 Å². The SMILES string of the molecule is CNCc1nnc(NC(C)c2nc(C)cs2)o1. The standard InChI is InChI=1S/C10H15N5OS/c1-6-5-17-9(12-6)7(2)13-10-15-14-8(16-10)4-11-3/h5,7,11H,4H2,1-3H3,(H,13,15). The highest BCUT2D eigenvalue weighted by atomic mass is 32.1. The molecule has 0 amide bonds. The summed E-state index contributed by atoms with van der Waals surface area (Å²) in [6, 6.07) is 0.493. The first kappa shape index (κ1) is 12.0. The fourth-order valence-corrected chi connectivity index (χ4v) is 2.16. The lowest BCUT2D eigenvalue weighted by atomic mass is 10.3. The van der Waals surface area contributed by atoms with E-state index in [-0.39, 0.29) is 6.04 Å². The van der Waals surface area contributed by atoms with Crippen LogP contribution in [0.3, 0.4) is 0 Å². The molecule has 2 rings (SSSR count). The summed E-state index contributed by atoms with van der Waals surface area (Å²) in [6.45, 7) is 4.56. The van der Waals surface area contributed by atoms with Gasteiger partial charge in [-0.15, -0.1) is 16.4 Å². The maximum atomic E-state index is 5.40. The van der Waals surface area contributed by atoms with Crippen molar-refractivity contribution in [3.8, 4) is 0 Å². The molecule has 2 aromatic heterocycles. The van der Waals surface area contributed by atoms with Crippen molar-refractivity contribution in [3.05, 3.63) is 22.0 Å². The molecule has 1 atom stereocenters. The van der Waals surface area contributed by atoms with E-state index in [1.165, 1.54) is 0 Å². The highest BCUT2D eigenvalue weighted by Crippen LogP contribution is 2.21. The number of nitrogens with one attached hydrogen (secondary N) is 2. The molecule has 0 aliphatic heterocycles. The maximum Gasteiger partial charge on any atom is 0.316 e. The molecule has 17 heavy (non-hydrogen) atoms. The minimum Gasteiger partial charge on any atom is -0.407 e. The van der Waals surface area contributed by atoms with E-state index in [0.29, 0.717) is 18.5 Å². The minimum absolute atomic E-state index is 0.0663. The zero-order valence-electron chi connectivity index (χ0n) is 10.0.